The number of benzene rings is 2. The van der Waals surface area contributed by atoms with E-state index in [1.807, 2.05) is 0 Å². The molecule has 1 aliphatic rings. The van der Waals surface area contributed by atoms with Crippen LogP contribution in [-0.2, 0) is 17.6 Å². The second kappa shape index (κ2) is 12.8. The lowest BCUT2D eigenvalue weighted by Gasteiger charge is -2.33. The van der Waals surface area contributed by atoms with Crippen molar-refractivity contribution in [2.75, 3.05) is 31.1 Å². The molecular formula is C29H38N4OS. The van der Waals surface area contributed by atoms with Gasteiger partial charge in [0.25, 0.3) is 0 Å². The first-order valence-corrected chi connectivity index (χ1v) is 13.8. The van der Waals surface area contributed by atoms with Crippen LogP contribution in [-0.4, -0.2) is 46.3 Å². The van der Waals surface area contributed by atoms with Crippen molar-refractivity contribution < 1.29 is 4.79 Å². The summed E-state index contributed by atoms with van der Waals surface area (Å²) < 4.78 is 4.62. The number of likely N-dealkylation sites (tertiary alicyclic amines) is 1. The van der Waals surface area contributed by atoms with Crippen LogP contribution in [0.4, 0.5) is 5.13 Å². The third-order valence-corrected chi connectivity index (χ3v) is 7.74. The van der Waals surface area contributed by atoms with E-state index in [0.29, 0.717) is 18.9 Å². The Balaban J connectivity index is 1.27. The lowest BCUT2D eigenvalue weighted by Crippen LogP contribution is -2.40. The van der Waals surface area contributed by atoms with Crippen molar-refractivity contribution in [1.29, 1.82) is 0 Å². The van der Waals surface area contributed by atoms with Gasteiger partial charge >= 0.3 is 0 Å². The molecule has 0 aliphatic carbocycles. The summed E-state index contributed by atoms with van der Waals surface area (Å²) in [6.45, 7) is 7.69. The van der Waals surface area contributed by atoms with Crippen molar-refractivity contribution >= 4 is 22.6 Å². The molecule has 35 heavy (non-hydrogen) atoms. The van der Waals surface area contributed by atoms with Crippen LogP contribution in [0.25, 0.3) is 0 Å². The number of amides is 1. The summed E-state index contributed by atoms with van der Waals surface area (Å²) >= 11 is 1.46. The van der Waals surface area contributed by atoms with Crippen molar-refractivity contribution in [2.24, 2.45) is 5.92 Å². The van der Waals surface area contributed by atoms with Crippen molar-refractivity contribution in [1.82, 2.24) is 14.3 Å². The number of hydrogen-bond acceptors (Lipinski definition) is 5. The van der Waals surface area contributed by atoms with Crippen LogP contribution >= 0.6 is 11.5 Å². The average molecular weight is 491 g/mol. The minimum absolute atomic E-state index is 0.272. The maximum Gasteiger partial charge on any atom is 0.224 e. The second-order valence-electron chi connectivity index (χ2n) is 9.76. The van der Waals surface area contributed by atoms with Crippen LogP contribution < -0.4 is 4.90 Å². The molecule has 186 valence electrons. The molecular weight excluding hydrogens is 452 g/mol. The Labute approximate surface area is 214 Å². The van der Waals surface area contributed by atoms with Crippen LogP contribution in [0.15, 0.2) is 54.6 Å². The normalized spacial score (nSPS) is 14.3. The van der Waals surface area contributed by atoms with Crippen molar-refractivity contribution in [3.63, 3.8) is 0 Å². The summed E-state index contributed by atoms with van der Waals surface area (Å²) in [5.41, 5.74) is 3.89. The molecule has 6 heteroatoms. The summed E-state index contributed by atoms with van der Waals surface area (Å²) in [7, 11) is 0. The molecule has 4 rings (SSSR count). The Morgan fingerprint density at radius 2 is 1.77 bits per heavy atom. The molecule has 2 heterocycles. The Morgan fingerprint density at radius 1 is 1.03 bits per heavy atom. The van der Waals surface area contributed by atoms with E-state index in [2.05, 4.69) is 82.6 Å². The van der Waals surface area contributed by atoms with E-state index in [0.717, 1.165) is 69.1 Å². The van der Waals surface area contributed by atoms with Gasteiger partial charge in [-0.1, -0.05) is 73.5 Å². The van der Waals surface area contributed by atoms with Crippen LogP contribution in [0.3, 0.4) is 0 Å². The molecule has 0 N–H and O–H groups in total. The molecule has 0 radical (unpaired) electrons. The lowest BCUT2D eigenvalue weighted by atomic mass is 9.90. The van der Waals surface area contributed by atoms with Gasteiger partial charge in [-0.3, -0.25) is 4.79 Å². The first-order valence-electron chi connectivity index (χ1n) is 13.1. The lowest BCUT2D eigenvalue weighted by molar-refractivity contribution is -0.132. The summed E-state index contributed by atoms with van der Waals surface area (Å²) in [6, 6.07) is 19.3. The van der Waals surface area contributed by atoms with Gasteiger partial charge in [-0.05, 0) is 49.7 Å². The van der Waals surface area contributed by atoms with Crippen molar-refractivity contribution in [2.45, 2.75) is 58.8 Å². The van der Waals surface area contributed by atoms with E-state index >= 15 is 0 Å². The van der Waals surface area contributed by atoms with E-state index in [-0.39, 0.29) is 5.91 Å². The van der Waals surface area contributed by atoms with Gasteiger partial charge in [-0.2, -0.15) is 4.37 Å². The maximum atomic E-state index is 13.0. The Hall–Kier alpha value is -2.73. The molecule has 1 amide bonds. The molecule has 1 aromatic heterocycles. The number of anilines is 1. The average Bonchev–Trinajstić information content (AvgIpc) is 3.34. The van der Waals surface area contributed by atoms with Crippen molar-refractivity contribution in [3.05, 3.63) is 77.1 Å². The van der Waals surface area contributed by atoms with Gasteiger partial charge < -0.3 is 9.80 Å². The minimum atomic E-state index is 0.272. The maximum absolute atomic E-state index is 13.0. The first-order chi connectivity index (χ1) is 17.1. The predicted molar refractivity (Wildman–Crippen MR) is 145 cm³/mol. The van der Waals surface area contributed by atoms with Crippen LogP contribution in [0.2, 0.25) is 0 Å². The zero-order valence-corrected chi connectivity index (χ0v) is 22.0. The fourth-order valence-electron chi connectivity index (χ4n) is 4.71. The highest BCUT2D eigenvalue weighted by Gasteiger charge is 2.23. The highest BCUT2D eigenvalue weighted by atomic mass is 32.1. The molecule has 0 bridgehead atoms. The van der Waals surface area contributed by atoms with Gasteiger partial charge in [0.1, 0.15) is 5.82 Å². The third kappa shape index (κ3) is 7.63. The van der Waals surface area contributed by atoms with Gasteiger partial charge in [0.05, 0.1) is 0 Å². The van der Waals surface area contributed by atoms with Gasteiger partial charge in [-0.25, -0.2) is 4.98 Å². The molecule has 0 atom stereocenters. The highest BCUT2D eigenvalue weighted by Crippen LogP contribution is 2.23. The monoisotopic (exact) mass is 490 g/mol. The summed E-state index contributed by atoms with van der Waals surface area (Å²) in [6.07, 6.45) is 6.81. The fourth-order valence-corrected chi connectivity index (χ4v) is 5.44. The molecule has 0 unspecified atom stereocenters. The topological polar surface area (TPSA) is 49.3 Å². The highest BCUT2D eigenvalue weighted by molar-refractivity contribution is 7.09. The molecule has 1 saturated heterocycles. The number of hydrogen-bond donors (Lipinski definition) is 0. The SMILES string of the molecule is CCCCN(CCC(=O)N1CCC(Cc2ccccc2)CC1)c1nc(Cc2ccc(C)cc2)ns1. The summed E-state index contributed by atoms with van der Waals surface area (Å²) in [5, 5.41) is 0.940. The van der Waals surface area contributed by atoms with Gasteiger partial charge in [-0.15, -0.1) is 0 Å². The Bertz CT molecular complexity index is 1040. The molecule has 0 spiro atoms. The van der Waals surface area contributed by atoms with Gasteiger partial charge in [0.2, 0.25) is 11.0 Å². The number of nitrogens with zero attached hydrogens (tertiary/aromatic N) is 4. The number of unbranched alkanes of at least 4 members (excludes halogenated alkanes) is 1. The number of piperidine rings is 1. The largest absolute Gasteiger partial charge is 0.346 e. The van der Waals surface area contributed by atoms with E-state index < -0.39 is 0 Å². The third-order valence-electron chi connectivity index (χ3n) is 6.92. The summed E-state index contributed by atoms with van der Waals surface area (Å²) in [5.74, 6) is 1.81. The van der Waals surface area contributed by atoms with Gasteiger partial charge in [0.15, 0.2) is 0 Å². The number of carbonyl (C=O) groups is 1. The number of aryl methyl sites for hydroxylation is 1. The Kier molecular flexibility index (Phi) is 9.29. The van der Waals surface area contributed by atoms with Crippen LogP contribution in [0, 0.1) is 12.8 Å². The van der Waals surface area contributed by atoms with E-state index in [9.17, 15) is 4.79 Å². The van der Waals surface area contributed by atoms with Crippen LogP contribution in [0.1, 0.15) is 61.5 Å². The van der Waals surface area contributed by atoms with E-state index in [4.69, 9.17) is 4.98 Å². The molecule has 1 fully saturated rings. The second-order valence-corrected chi connectivity index (χ2v) is 10.5. The minimum Gasteiger partial charge on any atom is -0.346 e. The fraction of sp³-hybridized carbons (Fsp3) is 0.483. The zero-order chi connectivity index (χ0) is 24.5. The molecule has 1 aliphatic heterocycles. The van der Waals surface area contributed by atoms with Crippen molar-refractivity contribution in [3.8, 4) is 0 Å². The van der Waals surface area contributed by atoms with E-state index in [1.165, 1.54) is 28.2 Å². The smallest absolute Gasteiger partial charge is 0.224 e. The number of carbonyl (C=O) groups excluding carboxylic acids is 1. The molecule has 5 nitrogen and oxygen atoms in total. The predicted octanol–water partition coefficient (Wildman–Crippen LogP) is 5.92. The number of rotatable bonds is 11. The zero-order valence-electron chi connectivity index (χ0n) is 21.2. The first kappa shape index (κ1) is 25.4. The van der Waals surface area contributed by atoms with Gasteiger partial charge in [0, 0.05) is 50.6 Å². The molecule has 2 aromatic carbocycles. The van der Waals surface area contributed by atoms with E-state index in [1.54, 1.807) is 0 Å². The molecule has 3 aromatic rings. The molecule has 0 saturated carbocycles. The Morgan fingerprint density at radius 3 is 2.49 bits per heavy atom. The van der Waals surface area contributed by atoms with Crippen LogP contribution in [0.5, 0.6) is 0 Å². The standard InChI is InChI=1S/C29H38N4OS/c1-3-4-17-33(29-30-27(31-35-29)22-25-12-10-23(2)11-13-25)20-16-28(34)32-18-14-26(15-19-32)21-24-8-6-5-7-9-24/h5-13,26H,3-4,14-22H2,1-2H3. The summed E-state index contributed by atoms with van der Waals surface area (Å²) in [4.78, 5) is 22.2. The quantitative estimate of drug-likeness (QED) is 0.335. The number of aromatic nitrogens is 2.